The predicted molar refractivity (Wildman–Crippen MR) is 125 cm³/mol. The maximum atomic E-state index is 12.7. The van der Waals surface area contributed by atoms with Crippen LogP contribution in [0.2, 0.25) is 10.0 Å². The molecule has 4 aromatic rings. The molecule has 0 aliphatic heterocycles. The van der Waals surface area contributed by atoms with Crippen molar-refractivity contribution in [1.82, 2.24) is 9.78 Å². The van der Waals surface area contributed by atoms with Gasteiger partial charge in [0.2, 0.25) is 0 Å². The average Bonchev–Trinajstić information content (AvgIpc) is 3.21. The van der Waals surface area contributed by atoms with Gasteiger partial charge in [0.25, 0.3) is 0 Å². The Balaban J connectivity index is 1.69. The molecular formula is C23H18Cl2N4O2. The van der Waals surface area contributed by atoms with Crippen LogP contribution >= 0.6 is 23.2 Å². The van der Waals surface area contributed by atoms with Crippen molar-refractivity contribution < 1.29 is 9.53 Å². The molecule has 1 aromatic heterocycles. The van der Waals surface area contributed by atoms with Crippen molar-refractivity contribution >= 4 is 40.7 Å². The van der Waals surface area contributed by atoms with E-state index in [-0.39, 0.29) is 5.02 Å². The van der Waals surface area contributed by atoms with Crippen molar-refractivity contribution in [3.05, 3.63) is 88.9 Å². The molecule has 4 rings (SSSR count). The second kappa shape index (κ2) is 9.12. The quantitative estimate of drug-likeness (QED) is 0.363. The van der Waals surface area contributed by atoms with Crippen LogP contribution in [0.15, 0.2) is 78.9 Å². The zero-order valence-corrected chi connectivity index (χ0v) is 18.0. The zero-order valence-electron chi connectivity index (χ0n) is 16.5. The number of nitrogens with one attached hydrogen (secondary N) is 2. The number of carbonyl (C=O) groups excluding carboxylic acids is 1. The van der Waals surface area contributed by atoms with Crippen LogP contribution in [-0.4, -0.2) is 22.9 Å². The summed E-state index contributed by atoms with van der Waals surface area (Å²) in [5, 5.41) is 10.9. The van der Waals surface area contributed by atoms with Crippen molar-refractivity contribution in [2.75, 3.05) is 17.7 Å². The molecule has 0 radical (unpaired) electrons. The van der Waals surface area contributed by atoms with Gasteiger partial charge in [-0.3, -0.25) is 5.32 Å². The highest BCUT2D eigenvalue weighted by Crippen LogP contribution is 2.30. The van der Waals surface area contributed by atoms with E-state index in [2.05, 4.69) is 15.7 Å². The van der Waals surface area contributed by atoms with Crippen LogP contribution in [0.1, 0.15) is 0 Å². The van der Waals surface area contributed by atoms with E-state index in [0.29, 0.717) is 28.0 Å². The van der Waals surface area contributed by atoms with Gasteiger partial charge >= 0.3 is 6.03 Å². The first-order valence-electron chi connectivity index (χ1n) is 9.37. The number of hydrogen-bond acceptors (Lipinski definition) is 3. The first-order valence-corrected chi connectivity index (χ1v) is 10.1. The Morgan fingerprint density at radius 3 is 2.48 bits per heavy atom. The lowest BCUT2D eigenvalue weighted by Gasteiger charge is -2.12. The molecule has 31 heavy (non-hydrogen) atoms. The molecule has 6 nitrogen and oxygen atoms in total. The minimum Gasteiger partial charge on any atom is -0.497 e. The van der Waals surface area contributed by atoms with Crippen molar-refractivity contribution in [2.24, 2.45) is 0 Å². The van der Waals surface area contributed by atoms with Crippen LogP contribution < -0.4 is 15.4 Å². The second-order valence-electron chi connectivity index (χ2n) is 6.57. The molecule has 0 atom stereocenters. The summed E-state index contributed by atoms with van der Waals surface area (Å²) in [4.78, 5) is 12.7. The zero-order chi connectivity index (χ0) is 21.8. The van der Waals surface area contributed by atoms with Gasteiger partial charge in [0.05, 0.1) is 34.2 Å². The fraction of sp³-hybridized carbons (Fsp3) is 0.0435. The first-order chi connectivity index (χ1) is 15.0. The van der Waals surface area contributed by atoms with Gasteiger partial charge in [0, 0.05) is 17.7 Å². The standard InChI is InChI=1S/C23H18Cl2N4O2/c1-31-17-10-5-9-16(13-17)29-21(14-20(28-29)15-7-3-2-4-8-15)27-23(30)26-19-12-6-11-18(24)22(19)25/h2-14H,1H3,(H2,26,27,30). The van der Waals surface area contributed by atoms with Crippen LogP contribution in [0.3, 0.4) is 0 Å². The number of rotatable bonds is 5. The summed E-state index contributed by atoms with van der Waals surface area (Å²) in [6.45, 7) is 0. The van der Waals surface area contributed by atoms with E-state index >= 15 is 0 Å². The van der Waals surface area contributed by atoms with E-state index in [1.54, 1.807) is 36.1 Å². The number of halogens is 2. The number of carbonyl (C=O) groups is 1. The lowest BCUT2D eigenvalue weighted by atomic mass is 10.2. The SMILES string of the molecule is COc1cccc(-n2nc(-c3ccccc3)cc2NC(=O)Nc2cccc(Cl)c2Cl)c1. The van der Waals surface area contributed by atoms with Gasteiger partial charge in [0.1, 0.15) is 11.6 Å². The van der Waals surface area contributed by atoms with E-state index < -0.39 is 6.03 Å². The molecule has 2 amide bonds. The van der Waals surface area contributed by atoms with Crippen LogP contribution in [-0.2, 0) is 0 Å². The molecule has 0 spiro atoms. The summed E-state index contributed by atoms with van der Waals surface area (Å²) < 4.78 is 6.97. The topological polar surface area (TPSA) is 68.2 Å². The molecule has 0 fully saturated rings. The summed E-state index contributed by atoms with van der Waals surface area (Å²) in [6, 6.07) is 23.4. The Hall–Kier alpha value is -3.48. The molecule has 8 heteroatoms. The molecule has 3 aromatic carbocycles. The fourth-order valence-corrected chi connectivity index (χ4v) is 3.38. The molecule has 0 unspecified atom stereocenters. The number of urea groups is 1. The Bertz CT molecular complexity index is 1230. The highest BCUT2D eigenvalue weighted by Gasteiger charge is 2.15. The normalized spacial score (nSPS) is 10.5. The summed E-state index contributed by atoms with van der Waals surface area (Å²) in [6.07, 6.45) is 0. The highest BCUT2D eigenvalue weighted by atomic mass is 35.5. The Kier molecular flexibility index (Phi) is 6.11. The van der Waals surface area contributed by atoms with Crippen LogP contribution in [0, 0.1) is 0 Å². The Morgan fingerprint density at radius 2 is 1.71 bits per heavy atom. The van der Waals surface area contributed by atoms with Crippen LogP contribution in [0.4, 0.5) is 16.3 Å². The number of ether oxygens (including phenoxy) is 1. The summed E-state index contributed by atoms with van der Waals surface area (Å²) >= 11 is 12.2. The van der Waals surface area contributed by atoms with Gasteiger partial charge in [-0.05, 0) is 24.3 Å². The van der Waals surface area contributed by atoms with Crippen molar-refractivity contribution in [2.45, 2.75) is 0 Å². The maximum absolute atomic E-state index is 12.7. The number of amides is 2. The average molecular weight is 453 g/mol. The summed E-state index contributed by atoms with van der Waals surface area (Å²) in [5.41, 5.74) is 2.77. The van der Waals surface area contributed by atoms with E-state index in [1.807, 2.05) is 54.6 Å². The van der Waals surface area contributed by atoms with Crippen molar-refractivity contribution in [3.63, 3.8) is 0 Å². The number of benzene rings is 3. The van der Waals surface area contributed by atoms with Crippen LogP contribution in [0.25, 0.3) is 16.9 Å². The third kappa shape index (κ3) is 4.66. The van der Waals surface area contributed by atoms with E-state index in [0.717, 1.165) is 11.3 Å². The lowest BCUT2D eigenvalue weighted by Crippen LogP contribution is -2.21. The molecule has 1 heterocycles. The number of anilines is 2. The van der Waals surface area contributed by atoms with E-state index in [4.69, 9.17) is 27.9 Å². The first kappa shape index (κ1) is 20.8. The van der Waals surface area contributed by atoms with Gasteiger partial charge in [0.15, 0.2) is 0 Å². The number of methoxy groups -OCH3 is 1. The number of hydrogen-bond donors (Lipinski definition) is 2. The van der Waals surface area contributed by atoms with E-state index in [1.165, 1.54) is 0 Å². The lowest BCUT2D eigenvalue weighted by molar-refractivity contribution is 0.262. The van der Waals surface area contributed by atoms with Crippen molar-refractivity contribution in [3.8, 4) is 22.7 Å². The monoisotopic (exact) mass is 452 g/mol. The van der Waals surface area contributed by atoms with E-state index in [9.17, 15) is 4.79 Å². The fourth-order valence-electron chi connectivity index (χ4n) is 3.03. The third-order valence-corrected chi connectivity index (χ3v) is 5.34. The molecule has 0 aliphatic rings. The van der Waals surface area contributed by atoms with Crippen LogP contribution in [0.5, 0.6) is 5.75 Å². The maximum Gasteiger partial charge on any atom is 0.324 e. The number of aromatic nitrogens is 2. The Labute approximate surface area is 189 Å². The molecular weight excluding hydrogens is 435 g/mol. The summed E-state index contributed by atoms with van der Waals surface area (Å²) in [7, 11) is 1.60. The molecule has 0 aliphatic carbocycles. The number of nitrogens with zero attached hydrogens (tertiary/aromatic N) is 2. The van der Waals surface area contributed by atoms with Gasteiger partial charge in [-0.2, -0.15) is 5.10 Å². The second-order valence-corrected chi connectivity index (χ2v) is 7.36. The van der Waals surface area contributed by atoms with Gasteiger partial charge in [-0.15, -0.1) is 0 Å². The highest BCUT2D eigenvalue weighted by molar-refractivity contribution is 6.44. The third-order valence-electron chi connectivity index (χ3n) is 4.52. The minimum absolute atomic E-state index is 0.269. The molecule has 0 bridgehead atoms. The van der Waals surface area contributed by atoms with Gasteiger partial charge in [-0.25, -0.2) is 9.48 Å². The minimum atomic E-state index is -0.479. The molecule has 2 N–H and O–H groups in total. The Morgan fingerprint density at radius 1 is 0.935 bits per heavy atom. The molecule has 0 saturated heterocycles. The smallest absolute Gasteiger partial charge is 0.324 e. The largest absolute Gasteiger partial charge is 0.497 e. The van der Waals surface area contributed by atoms with Crippen molar-refractivity contribution in [1.29, 1.82) is 0 Å². The molecule has 0 saturated carbocycles. The predicted octanol–water partition coefficient (Wildman–Crippen LogP) is 6.50. The molecule has 156 valence electrons. The van der Waals surface area contributed by atoms with Gasteiger partial charge in [-0.1, -0.05) is 65.7 Å². The van der Waals surface area contributed by atoms with Gasteiger partial charge < -0.3 is 10.1 Å². The summed E-state index contributed by atoms with van der Waals surface area (Å²) in [5.74, 6) is 1.15.